The topological polar surface area (TPSA) is 38.3 Å². The van der Waals surface area contributed by atoms with Crippen LogP contribution >= 0.6 is 23.2 Å². The van der Waals surface area contributed by atoms with E-state index < -0.39 is 0 Å². The molecule has 0 aliphatic carbocycles. The van der Waals surface area contributed by atoms with Crippen LogP contribution in [0, 0.1) is 0 Å². The van der Waals surface area contributed by atoms with Gasteiger partial charge in [0.15, 0.2) is 0 Å². The lowest BCUT2D eigenvalue weighted by Crippen LogP contribution is -2.17. The van der Waals surface area contributed by atoms with Gasteiger partial charge in [-0.3, -0.25) is 4.79 Å². The quantitative estimate of drug-likeness (QED) is 0.778. The molecule has 1 amide bonds. The van der Waals surface area contributed by atoms with Crippen molar-refractivity contribution in [1.82, 2.24) is 0 Å². The van der Waals surface area contributed by atoms with Gasteiger partial charge in [0.25, 0.3) is 0 Å². The first-order chi connectivity index (χ1) is 11.2. The van der Waals surface area contributed by atoms with Crippen molar-refractivity contribution in [2.75, 3.05) is 12.4 Å². The molecule has 0 bridgehead atoms. The predicted molar refractivity (Wildman–Crippen MR) is 100 cm³/mol. The second-order valence-corrected chi connectivity index (χ2v) is 7.45. The highest BCUT2D eigenvalue weighted by molar-refractivity contribution is 6.42. The number of ether oxygens (including phenoxy) is 1. The molecular formula is C19H21Cl2NO2. The number of carbonyl (C=O) groups is 1. The van der Waals surface area contributed by atoms with Gasteiger partial charge in [0.05, 0.1) is 29.3 Å². The molecule has 0 radical (unpaired) electrons. The highest BCUT2D eigenvalue weighted by Crippen LogP contribution is 2.31. The molecule has 2 rings (SSSR count). The summed E-state index contributed by atoms with van der Waals surface area (Å²) < 4.78 is 5.35. The molecule has 128 valence electrons. The molecule has 0 saturated carbocycles. The Balaban J connectivity index is 2.19. The van der Waals surface area contributed by atoms with Crippen molar-refractivity contribution in [2.45, 2.75) is 32.6 Å². The van der Waals surface area contributed by atoms with Crippen LogP contribution in [0.4, 0.5) is 5.69 Å². The number of hydrogen-bond donors (Lipinski definition) is 1. The summed E-state index contributed by atoms with van der Waals surface area (Å²) in [6, 6.07) is 11.0. The van der Waals surface area contributed by atoms with Gasteiger partial charge in [0.2, 0.25) is 5.91 Å². The minimum Gasteiger partial charge on any atom is -0.495 e. The molecule has 0 aliphatic heterocycles. The fourth-order valence-corrected chi connectivity index (χ4v) is 2.62. The van der Waals surface area contributed by atoms with E-state index >= 15 is 0 Å². The van der Waals surface area contributed by atoms with E-state index in [0.717, 1.165) is 11.1 Å². The van der Waals surface area contributed by atoms with Gasteiger partial charge in [0, 0.05) is 0 Å². The van der Waals surface area contributed by atoms with Crippen LogP contribution in [0.1, 0.15) is 31.9 Å². The van der Waals surface area contributed by atoms with Gasteiger partial charge >= 0.3 is 0 Å². The summed E-state index contributed by atoms with van der Waals surface area (Å²) in [5, 5.41) is 3.83. The fraction of sp³-hybridized carbons (Fsp3) is 0.316. The summed E-state index contributed by atoms with van der Waals surface area (Å²) in [6.07, 6.45) is 0.208. The number of carbonyl (C=O) groups excluding carboxylic acids is 1. The van der Waals surface area contributed by atoms with Gasteiger partial charge in [-0.15, -0.1) is 0 Å². The van der Waals surface area contributed by atoms with Crippen LogP contribution in [0.3, 0.4) is 0 Å². The summed E-state index contributed by atoms with van der Waals surface area (Å²) in [7, 11) is 1.58. The van der Waals surface area contributed by atoms with Crippen molar-refractivity contribution in [2.24, 2.45) is 0 Å². The van der Waals surface area contributed by atoms with E-state index in [1.54, 1.807) is 25.3 Å². The Bertz CT molecular complexity index is 752. The molecule has 0 saturated heterocycles. The zero-order valence-electron chi connectivity index (χ0n) is 14.2. The Morgan fingerprint density at radius 2 is 1.79 bits per heavy atom. The van der Waals surface area contributed by atoms with Crippen LogP contribution in [0.15, 0.2) is 36.4 Å². The van der Waals surface area contributed by atoms with Gasteiger partial charge in [0.1, 0.15) is 5.75 Å². The third-order valence-electron chi connectivity index (χ3n) is 3.69. The first kappa shape index (κ1) is 18.6. The van der Waals surface area contributed by atoms with E-state index in [-0.39, 0.29) is 17.7 Å². The summed E-state index contributed by atoms with van der Waals surface area (Å²) >= 11 is 11.9. The molecule has 0 spiro atoms. The minimum atomic E-state index is -0.141. The molecule has 24 heavy (non-hydrogen) atoms. The molecule has 0 unspecified atom stereocenters. The van der Waals surface area contributed by atoms with Crippen LogP contribution in [-0.2, 0) is 16.6 Å². The molecule has 0 aromatic heterocycles. The molecule has 0 atom stereocenters. The summed E-state index contributed by atoms with van der Waals surface area (Å²) in [4.78, 5) is 12.4. The smallest absolute Gasteiger partial charge is 0.228 e. The largest absolute Gasteiger partial charge is 0.495 e. The molecule has 0 fully saturated rings. The standard InChI is InChI=1S/C19H21Cl2NO2/c1-19(2,3)13-6-8-17(24-4)16(11-13)22-18(23)10-12-5-7-14(20)15(21)9-12/h5-9,11H,10H2,1-4H3,(H,22,23). The maximum atomic E-state index is 12.4. The Kier molecular flexibility index (Phi) is 5.79. The highest BCUT2D eigenvalue weighted by atomic mass is 35.5. The number of nitrogens with one attached hydrogen (secondary N) is 1. The van der Waals surface area contributed by atoms with Crippen LogP contribution < -0.4 is 10.1 Å². The normalized spacial score (nSPS) is 11.2. The highest BCUT2D eigenvalue weighted by Gasteiger charge is 2.17. The van der Waals surface area contributed by atoms with Crippen molar-refractivity contribution in [3.63, 3.8) is 0 Å². The second-order valence-electron chi connectivity index (χ2n) is 6.64. The first-order valence-electron chi connectivity index (χ1n) is 7.63. The lowest BCUT2D eigenvalue weighted by molar-refractivity contribution is -0.115. The van der Waals surface area contributed by atoms with E-state index in [1.165, 1.54) is 0 Å². The van der Waals surface area contributed by atoms with Crippen LogP contribution in [-0.4, -0.2) is 13.0 Å². The SMILES string of the molecule is COc1ccc(C(C)(C)C)cc1NC(=O)Cc1ccc(Cl)c(Cl)c1. The van der Waals surface area contributed by atoms with Crippen molar-refractivity contribution < 1.29 is 9.53 Å². The molecule has 1 N–H and O–H groups in total. The van der Waals surface area contributed by atoms with Gasteiger partial charge in [-0.2, -0.15) is 0 Å². The average Bonchev–Trinajstić information content (AvgIpc) is 2.50. The molecular weight excluding hydrogens is 345 g/mol. The van der Waals surface area contributed by atoms with Gasteiger partial charge in [-0.05, 0) is 40.8 Å². The number of amides is 1. The molecule has 2 aromatic carbocycles. The molecule has 2 aromatic rings. The van der Waals surface area contributed by atoms with E-state index in [0.29, 0.717) is 21.5 Å². The third-order valence-corrected chi connectivity index (χ3v) is 4.43. The van der Waals surface area contributed by atoms with Crippen molar-refractivity contribution in [1.29, 1.82) is 0 Å². The zero-order chi connectivity index (χ0) is 17.9. The van der Waals surface area contributed by atoms with E-state index in [1.807, 2.05) is 18.2 Å². The third kappa shape index (κ3) is 4.65. The number of anilines is 1. The Morgan fingerprint density at radius 3 is 2.38 bits per heavy atom. The van der Waals surface area contributed by atoms with E-state index in [2.05, 4.69) is 26.1 Å². The zero-order valence-corrected chi connectivity index (χ0v) is 15.8. The lowest BCUT2D eigenvalue weighted by Gasteiger charge is -2.21. The number of halogens is 2. The van der Waals surface area contributed by atoms with E-state index in [4.69, 9.17) is 27.9 Å². The second kappa shape index (κ2) is 7.45. The monoisotopic (exact) mass is 365 g/mol. The van der Waals surface area contributed by atoms with E-state index in [9.17, 15) is 4.79 Å². The predicted octanol–water partition coefficient (Wildman–Crippen LogP) is 5.48. The summed E-state index contributed by atoms with van der Waals surface area (Å²) in [5.41, 5.74) is 2.56. The van der Waals surface area contributed by atoms with Crippen molar-refractivity contribution >= 4 is 34.8 Å². The maximum absolute atomic E-state index is 12.4. The number of methoxy groups -OCH3 is 1. The van der Waals surface area contributed by atoms with Crippen LogP contribution in [0.2, 0.25) is 10.0 Å². The fourth-order valence-electron chi connectivity index (χ4n) is 2.30. The molecule has 3 nitrogen and oxygen atoms in total. The van der Waals surface area contributed by atoms with Gasteiger partial charge in [-0.25, -0.2) is 0 Å². The van der Waals surface area contributed by atoms with Crippen molar-refractivity contribution in [3.05, 3.63) is 57.6 Å². The van der Waals surface area contributed by atoms with Gasteiger partial charge in [-0.1, -0.05) is 56.1 Å². The number of hydrogen-bond acceptors (Lipinski definition) is 2. The van der Waals surface area contributed by atoms with Crippen molar-refractivity contribution in [3.8, 4) is 5.75 Å². The number of benzene rings is 2. The molecule has 5 heteroatoms. The molecule has 0 heterocycles. The van der Waals surface area contributed by atoms with Crippen LogP contribution in [0.25, 0.3) is 0 Å². The summed E-state index contributed by atoms with van der Waals surface area (Å²) in [6.45, 7) is 6.36. The lowest BCUT2D eigenvalue weighted by atomic mass is 9.87. The number of rotatable bonds is 4. The average molecular weight is 366 g/mol. The van der Waals surface area contributed by atoms with Crippen LogP contribution in [0.5, 0.6) is 5.75 Å². The first-order valence-corrected chi connectivity index (χ1v) is 8.38. The Morgan fingerprint density at radius 1 is 1.08 bits per heavy atom. The minimum absolute atomic E-state index is 0.0184. The van der Waals surface area contributed by atoms with Gasteiger partial charge < -0.3 is 10.1 Å². The molecule has 0 aliphatic rings. The summed E-state index contributed by atoms with van der Waals surface area (Å²) in [5.74, 6) is 0.489. The maximum Gasteiger partial charge on any atom is 0.228 e. The Labute approximate surface area is 152 Å². The Hall–Kier alpha value is -1.71.